The van der Waals surface area contributed by atoms with E-state index in [-0.39, 0.29) is 11.8 Å². The van der Waals surface area contributed by atoms with E-state index >= 15 is 0 Å². The number of nitrogens with one attached hydrogen (secondary N) is 1. The van der Waals surface area contributed by atoms with E-state index in [0.717, 1.165) is 43.9 Å². The van der Waals surface area contributed by atoms with E-state index in [1.165, 1.54) is 0 Å². The second kappa shape index (κ2) is 5.28. The van der Waals surface area contributed by atoms with Crippen LogP contribution in [0.4, 0.5) is 0 Å². The molecule has 2 fully saturated rings. The van der Waals surface area contributed by atoms with Crippen LogP contribution in [0.25, 0.3) is 0 Å². The number of amides is 1. The van der Waals surface area contributed by atoms with Gasteiger partial charge < -0.3 is 10.2 Å². The minimum Gasteiger partial charge on any atom is -0.337 e. The van der Waals surface area contributed by atoms with Gasteiger partial charge in [0.15, 0.2) is 0 Å². The van der Waals surface area contributed by atoms with Crippen LogP contribution in [-0.2, 0) is 4.79 Å². The molecule has 0 aromatic rings. The van der Waals surface area contributed by atoms with Gasteiger partial charge in [-0.15, -0.1) is 0 Å². The maximum atomic E-state index is 12.1. The van der Waals surface area contributed by atoms with Crippen molar-refractivity contribution in [1.82, 2.24) is 10.2 Å². The first kappa shape index (κ1) is 12.7. The van der Waals surface area contributed by atoms with E-state index < -0.39 is 5.54 Å². The molecule has 2 aliphatic heterocycles. The van der Waals surface area contributed by atoms with Gasteiger partial charge in [-0.3, -0.25) is 4.79 Å². The Bertz CT molecular complexity index is 325. The molecule has 2 saturated heterocycles. The molecular formula is C12H19N3OS. The molecule has 0 aliphatic carbocycles. The lowest BCUT2D eigenvalue weighted by molar-refractivity contribution is -0.126. The first-order valence-electron chi connectivity index (χ1n) is 6.15. The molecule has 2 heterocycles. The predicted molar refractivity (Wildman–Crippen MR) is 68.6 cm³/mol. The zero-order valence-corrected chi connectivity index (χ0v) is 11.1. The second-order valence-corrected chi connectivity index (χ2v) is 6.20. The third-order valence-corrected chi connectivity index (χ3v) is 4.88. The Hall–Kier alpha value is -0.730. The van der Waals surface area contributed by atoms with Gasteiger partial charge in [-0.25, -0.2) is 0 Å². The fourth-order valence-corrected chi connectivity index (χ4v) is 3.56. The molecule has 5 heteroatoms. The average molecular weight is 253 g/mol. The molecule has 94 valence electrons. The lowest BCUT2D eigenvalue weighted by Gasteiger charge is -2.36. The van der Waals surface area contributed by atoms with Gasteiger partial charge in [0.1, 0.15) is 5.54 Å². The summed E-state index contributed by atoms with van der Waals surface area (Å²) in [5, 5.41) is 12.3. The van der Waals surface area contributed by atoms with Crippen molar-refractivity contribution in [3.05, 3.63) is 0 Å². The van der Waals surface area contributed by atoms with Crippen LogP contribution in [0.3, 0.4) is 0 Å². The number of hydrogen-bond donors (Lipinski definition) is 1. The molecule has 0 saturated carbocycles. The van der Waals surface area contributed by atoms with Crippen molar-refractivity contribution in [2.75, 3.05) is 31.6 Å². The summed E-state index contributed by atoms with van der Waals surface area (Å²) in [5.41, 5.74) is -0.614. The smallest absolute Gasteiger partial charge is 0.225 e. The fourth-order valence-electron chi connectivity index (χ4n) is 2.34. The number of hydrogen-bond acceptors (Lipinski definition) is 4. The highest BCUT2D eigenvalue weighted by Gasteiger charge is 2.37. The highest BCUT2D eigenvalue weighted by molar-refractivity contribution is 7.99. The summed E-state index contributed by atoms with van der Waals surface area (Å²) in [6, 6.07) is 2.33. The fraction of sp³-hybridized carbons (Fsp3) is 0.833. The van der Waals surface area contributed by atoms with E-state index in [0.29, 0.717) is 0 Å². The molecule has 1 amide bonds. The number of rotatable bonds is 2. The molecule has 1 N–H and O–H groups in total. The maximum absolute atomic E-state index is 12.1. The third kappa shape index (κ3) is 2.93. The highest BCUT2D eigenvalue weighted by Crippen LogP contribution is 2.26. The van der Waals surface area contributed by atoms with Crippen LogP contribution in [0.1, 0.15) is 19.3 Å². The van der Waals surface area contributed by atoms with Gasteiger partial charge >= 0.3 is 0 Å². The summed E-state index contributed by atoms with van der Waals surface area (Å²) in [5.74, 6) is 2.18. The van der Waals surface area contributed by atoms with Crippen LogP contribution >= 0.6 is 11.8 Å². The van der Waals surface area contributed by atoms with Crippen molar-refractivity contribution in [2.24, 2.45) is 5.92 Å². The minimum absolute atomic E-state index is 0.0844. The maximum Gasteiger partial charge on any atom is 0.225 e. The van der Waals surface area contributed by atoms with Crippen LogP contribution in [-0.4, -0.2) is 48.0 Å². The molecule has 1 atom stereocenters. The molecule has 0 radical (unpaired) electrons. The third-order valence-electron chi connectivity index (χ3n) is 3.72. The first-order chi connectivity index (χ1) is 8.15. The van der Waals surface area contributed by atoms with E-state index in [1.807, 2.05) is 11.8 Å². The number of nitrogens with zero attached hydrogens (tertiary/aromatic N) is 2. The number of carbonyl (C=O) groups is 1. The Morgan fingerprint density at radius 1 is 1.53 bits per heavy atom. The Balaban J connectivity index is 1.95. The second-order valence-electron chi connectivity index (χ2n) is 5.05. The van der Waals surface area contributed by atoms with E-state index in [4.69, 9.17) is 0 Å². The number of likely N-dealkylation sites (tertiary alicyclic amines) is 1. The molecule has 0 spiro atoms. The summed E-state index contributed by atoms with van der Waals surface area (Å²) < 4.78 is 0. The summed E-state index contributed by atoms with van der Waals surface area (Å²) in [4.78, 5) is 14.3. The molecule has 4 nitrogen and oxygen atoms in total. The molecule has 17 heavy (non-hydrogen) atoms. The van der Waals surface area contributed by atoms with E-state index in [9.17, 15) is 10.1 Å². The predicted octanol–water partition coefficient (Wildman–Crippen LogP) is 0.844. The zero-order valence-electron chi connectivity index (χ0n) is 10.2. The lowest BCUT2D eigenvalue weighted by atomic mass is 9.88. The number of nitriles is 1. The van der Waals surface area contributed by atoms with Gasteiger partial charge in [0.25, 0.3) is 0 Å². The van der Waals surface area contributed by atoms with E-state index in [1.54, 1.807) is 0 Å². The van der Waals surface area contributed by atoms with Crippen LogP contribution < -0.4 is 5.32 Å². The van der Waals surface area contributed by atoms with Gasteiger partial charge in [0, 0.05) is 24.8 Å². The van der Waals surface area contributed by atoms with Crippen LogP contribution in [0.5, 0.6) is 0 Å². The summed E-state index contributed by atoms with van der Waals surface area (Å²) in [6.07, 6.45) is 2.44. The summed E-state index contributed by atoms with van der Waals surface area (Å²) in [7, 11) is 2.05. The molecule has 0 aromatic carbocycles. The first-order valence-corrected chi connectivity index (χ1v) is 7.30. The largest absolute Gasteiger partial charge is 0.337 e. The van der Waals surface area contributed by atoms with Gasteiger partial charge in [0.2, 0.25) is 5.91 Å². The zero-order chi connectivity index (χ0) is 12.3. The van der Waals surface area contributed by atoms with Crippen LogP contribution in [0.2, 0.25) is 0 Å². The highest BCUT2D eigenvalue weighted by atomic mass is 32.2. The van der Waals surface area contributed by atoms with Gasteiger partial charge in [-0.05, 0) is 32.1 Å². The molecule has 2 aliphatic rings. The topological polar surface area (TPSA) is 56.1 Å². The van der Waals surface area contributed by atoms with Gasteiger partial charge in [0.05, 0.1) is 6.07 Å². The normalized spacial score (nSPS) is 28.6. The van der Waals surface area contributed by atoms with Crippen molar-refractivity contribution in [3.63, 3.8) is 0 Å². The summed E-state index contributed by atoms with van der Waals surface area (Å²) in [6.45, 7) is 1.76. The van der Waals surface area contributed by atoms with Crippen molar-refractivity contribution in [2.45, 2.75) is 24.8 Å². The van der Waals surface area contributed by atoms with Crippen LogP contribution in [0, 0.1) is 17.2 Å². The lowest BCUT2D eigenvalue weighted by Crippen LogP contribution is -2.55. The van der Waals surface area contributed by atoms with Gasteiger partial charge in [-0.1, -0.05) is 0 Å². The Kier molecular flexibility index (Phi) is 3.95. The number of carbonyl (C=O) groups excluding carboxylic acids is 1. The van der Waals surface area contributed by atoms with Crippen molar-refractivity contribution in [1.29, 1.82) is 5.26 Å². The summed E-state index contributed by atoms with van der Waals surface area (Å²) >= 11 is 1.83. The van der Waals surface area contributed by atoms with Crippen molar-refractivity contribution < 1.29 is 4.79 Å². The average Bonchev–Trinajstić information content (AvgIpc) is 2.86. The minimum atomic E-state index is -0.614. The van der Waals surface area contributed by atoms with Crippen molar-refractivity contribution in [3.8, 4) is 6.07 Å². The Labute approximate surface area is 107 Å². The Morgan fingerprint density at radius 2 is 2.24 bits per heavy atom. The molecule has 2 rings (SSSR count). The molecular weight excluding hydrogens is 234 g/mol. The molecule has 0 bridgehead atoms. The molecule has 1 unspecified atom stereocenters. The standard InChI is InChI=1S/C12H19N3OS/c1-15-5-3-12(9-13,4-6-15)14-11(16)10-2-7-17-8-10/h10H,2-8H2,1H3,(H,14,16). The quantitative estimate of drug-likeness (QED) is 0.792. The number of piperidine rings is 1. The Morgan fingerprint density at radius 3 is 2.76 bits per heavy atom. The molecule has 0 aromatic heterocycles. The van der Waals surface area contributed by atoms with Crippen molar-refractivity contribution >= 4 is 17.7 Å². The SMILES string of the molecule is CN1CCC(C#N)(NC(=O)C2CCSC2)CC1. The van der Waals surface area contributed by atoms with Gasteiger partial charge in [-0.2, -0.15) is 17.0 Å². The van der Waals surface area contributed by atoms with Crippen LogP contribution in [0.15, 0.2) is 0 Å². The monoisotopic (exact) mass is 253 g/mol. The number of thioether (sulfide) groups is 1. The van der Waals surface area contributed by atoms with E-state index in [2.05, 4.69) is 23.3 Å².